The number of hydrogen-bond donors (Lipinski definition) is 8. The summed E-state index contributed by atoms with van der Waals surface area (Å²) in [6.45, 7) is 0.862. The number of likely N-dealkylation sites (N-methyl/N-ethyl adjacent to an activating group) is 1. The van der Waals surface area contributed by atoms with Crippen molar-refractivity contribution in [2.24, 2.45) is 10.9 Å². The van der Waals surface area contributed by atoms with E-state index >= 15 is 0 Å². The molecule has 1 heterocycles. The number of nitrogens with zero attached hydrogens (tertiary/aromatic N) is 1. The Morgan fingerprint density at radius 3 is 2.43 bits per heavy atom. The van der Waals surface area contributed by atoms with Crippen LogP contribution in [0.2, 0.25) is 0 Å². The van der Waals surface area contributed by atoms with Crippen molar-refractivity contribution in [1.82, 2.24) is 16.0 Å². The van der Waals surface area contributed by atoms with E-state index in [2.05, 4.69) is 33.7 Å². The summed E-state index contributed by atoms with van der Waals surface area (Å²) >= 11 is 4.07. The highest BCUT2D eigenvalue weighted by molar-refractivity contribution is 7.80. The Morgan fingerprint density at radius 2 is 1.89 bits per heavy atom. The number of oxime groups is 1. The van der Waals surface area contributed by atoms with Gasteiger partial charge in [-0.15, -0.1) is 0 Å². The number of ketones is 2. The van der Waals surface area contributed by atoms with Crippen molar-refractivity contribution in [1.29, 1.82) is 0 Å². The molecule has 0 aromatic heterocycles. The van der Waals surface area contributed by atoms with E-state index in [-0.39, 0.29) is 12.2 Å². The first-order chi connectivity index (χ1) is 16.6. The standard InChI is InChI=1S/C20H35N5O9S/c1-10(27)24-15-18(31)17(30)14(8-26)33-20(15)34-23-7-13(28)16(29)11(5-3-4-6-21)25-19(32)12(9-35)22-2/h7,11-12,14-15,17-18,20,22,26,30-31,35H,3-6,8-9,21H2,1-2H3,(H,24,27)(H,25,32)/b23-7+/t11-,12-,14?,15?,17?,18?,20?/m0/s1. The molecular weight excluding hydrogens is 486 g/mol. The summed E-state index contributed by atoms with van der Waals surface area (Å²) in [4.78, 5) is 53.9. The Hall–Kier alpha value is -2.14. The Kier molecular flexibility index (Phi) is 13.9. The van der Waals surface area contributed by atoms with Crippen molar-refractivity contribution in [3.63, 3.8) is 0 Å². The molecule has 0 spiro atoms. The van der Waals surface area contributed by atoms with Gasteiger partial charge in [0.05, 0.1) is 18.7 Å². The van der Waals surface area contributed by atoms with E-state index in [1.165, 1.54) is 0 Å². The first kappa shape index (κ1) is 30.9. The number of nitrogens with one attached hydrogen (secondary N) is 3. The number of nitrogens with two attached hydrogens (primary N) is 1. The number of hydrogen-bond acceptors (Lipinski definition) is 13. The fourth-order valence-electron chi connectivity index (χ4n) is 3.27. The van der Waals surface area contributed by atoms with Crippen LogP contribution in [0.25, 0.3) is 0 Å². The number of Topliss-reactive ketones (excluding diaryl/α,β-unsaturated/α-hetero) is 2. The van der Waals surface area contributed by atoms with Gasteiger partial charge in [0.15, 0.2) is 0 Å². The zero-order chi connectivity index (χ0) is 26.5. The minimum absolute atomic E-state index is 0.168. The summed E-state index contributed by atoms with van der Waals surface area (Å²) in [5.74, 6) is -2.94. The molecule has 2 amide bonds. The predicted octanol–water partition coefficient (Wildman–Crippen LogP) is -3.80. The summed E-state index contributed by atoms with van der Waals surface area (Å²) in [5.41, 5.74) is 5.48. The molecule has 1 fully saturated rings. The second-order valence-electron chi connectivity index (χ2n) is 7.87. The number of amides is 2. The number of ether oxygens (including phenoxy) is 1. The second-order valence-corrected chi connectivity index (χ2v) is 8.24. The van der Waals surface area contributed by atoms with Crippen LogP contribution in [-0.2, 0) is 28.8 Å². The average Bonchev–Trinajstić information content (AvgIpc) is 2.82. The van der Waals surface area contributed by atoms with Gasteiger partial charge in [0, 0.05) is 12.7 Å². The number of aliphatic hydroxyl groups excluding tert-OH is 3. The molecule has 8 N–H and O–H groups in total. The Labute approximate surface area is 208 Å². The maximum Gasteiger partial charge on any atom is 0.250 e. The molecule has 15 heteroatoms. The predicted molar refractivity (Wildman–Crippen MR) is 126 cm³/mol. The molecule has 0 aliphatic carbocycles. The van der Waals surface area contributed by atoms with Crippen LogP contribution < -0.4 is 21.7 Å². The van der Waals surface area contributed by atoms with Gasteiger partial charge in [-0.25, -0.2) is 0 Å². The Balaban J connectivity index is 2.90. The molecule has 5 unspecified atom stereocenters. The average molecular weight is 522 g/mol. The topological polar surface area (TPSA) is 222 Å². The summed E-state index contributed by atoms with van der Waals surface area (Å²) in [6, 6.07) is -3.08. The lowest BCUT2D eigenvalue weighted by Crippen LogP contribution is -2.64. The van der Waals surface area contributed by atoms with Crippen LogP contribution in [0, 0.1) is 0 Å². The maximum atomic E-state index is 12.7. The van der Waals surface area contributed by atoms with E-state index in [4.69, 9.17) is 15.3 Å². The molecule has 200 valence electrons. The van der Waals surface area contributed by atoms with Crippen LogP contribution in [-0.4, -0.2) is 114 Å². The second kappa shape index (κ2) is 15.8. The number of thiol groups is 1. The van der Waals surface area contributed by atoms with Gasteiger partial charge in [0.1, 0.15) is 30.6 Å². The molecule has 1 rings (SSSR count). The highest BCUT2D eigenvalue weighted by atomic mass is 32.1. The van der Waals surface area contributed by atoms with Crippen molar-refractivity contribution in [2.75, 3.05) is 26.0 Å². The van der Waals surface area contributed by atoms with Crippen LogP contribution in [0.4, 0.5) is 0 Å². The third-order valence-electron chi connectivity index (χ3n) is 5.26. The Morgan fingerprint density at radius 1 is 1.20 bits per heavy atom. The summed E-state index contributed by atoms with van der Waals surface area (Å²) in [5, 5.41) is 40.6. The lowest BCUT2D eigenvalue weighted by Gasteiger charge is -2.40. The highest BCUT2D eigenvalue weighted by Gasteiger charge is 2.46. The molecule has 35 heavy (non-hydrogen) atoms. The van der Waals surface area contributed by atoms with Crippen molar-refractivity contribution >= 4 is 42.2 Å². The molecule has 14 nitrogen and oxygen atoms in total. The monoisotopic (exact) mass is 521 g/mol. The van der Waals surface area contributed by atoms with E-state index < -0.39 is 72.7 Å². The number of aliphatic hydroxyl groups is 3. The number of carbonyl (C=O) groups is 4. The molecular formula is C20H35N5O9S. The first-order valence-corrected chi connectivity index (χ1v) is 11.7. The number of carbonyl (C=O) groups excluding carboxylic acids is 4. The Bertz CT molecular complexity index is 752. The lowest BCUT2D eigenvalue weighted by molar-refractivity contribution is -0.270. The van der Waals surface area contributed by atoms with Gasteiger partial charge in [-0.2, -0.15) is 12.6 Å². The molecule has 1 aliphatic heterocycles. The van der Waals surface area contributed by atoms with Crippen LogP contribution in [0.3, 0.4) is 0 Å². The van der Waals surface area contributed by atoms with Gasteiger partial charge in [-0.05, 0) is 32.9 Å². The van der Waals surface area contributed by atoms with Gasteiger partial charge in [-0.3, -0.25) is 19.2 Å². The summed E-state index contributed by atoms with van der Waals surface area (Å²) in [6.07, 6.45) is -4.03. The molecule has 1 saturated heterocycles. The summed E-state index contributed by atoms with van der Waals surface area (Å²) < 4.78 is 5.30. The zero-order valence-corrected chi connectivity index (χ0v) is 20.5. The van der Waals surface area contributed by atoms with Gasteiger partial charge < -0.3 is 46.6 Å². The van der Waals surface area contributed by atoms with Crippen molar-refractivity contribution < 1.29 is 44.1 Å². The van der Waals surface area contributed by atoms with Crippen LogP contribution in [0.5, 0.6) is 0 Å². The molecule has 0 saturated carbocycles. The quantitative estimate of drug-likeness (QED) is 0.0343. The fraction of sp³-hybridized carbons (Fsp3) is 0.750. The SMILES string of the molecule is CN[C@@H](CS)C(=O)N[C@@H](CCCCN)C(=O)C(=O)/C=N/OC1OC(CO)C(O)C(O)C1NC(C)=O. The lowest BCUT2D eigenvalue weighted by atomic mass is 9.97. The zero-order valence-electron chi connectivity index (χ0n) is 19.6. The van der Waals surface area contributed by atoms with E-state index in [1.807, 2.05) is 0 Å². The largest absolute Gasteiger partial charge is 0.394 e. The van der Waals surface area contributed by atoms with E-state index in [0.29, 0.717) is 25.6 Å². The third kappa shape index (κ3) is 9.44. The molecule has 0 radical (unpaired) electrons. The molecule has 0 bridgehead atoms. The smallest absolute Gasteiger partial charge is 0.250 e. The molecule has 0 aromatic carbocycles. The van der Waals surface area contributed by atoms with E-state index in [0.717, 1.165) is 6.92 Å². The van der Waals surface area contributed by atoms with Crippen molar-refractivity contribution in [3.8, 4) is 0 Å². The van der Waals surface area contributed by atoms with Gasteiger partial charge in [0.2, 0.25) is 29.7 Å². The van der Waals surface area contributed by atoms with Crippen LogP contribution in [0.15, 0.2) is 5.16 Å². The van der Waals surface area contributed by atoms with Gasteiger partial charge in [0.25, 0.3) is 0 Å². The highest BCUT2D eigenvalue weighted by Crippen LogP contribution is 2.22. The van der Waals surface area contributed by atoms with E-state index in [1.54, 1.807) is 7.05 Å². The molecule has 0 aromatic rings. The van der Waals surface area contributed by atoms with Gasteiger partial charge in [-0.1, -0.05) is 5.16 Å². The van der Waals surface area contributed by atoms with E-state index in [9.17, 15) is 34.5 Å². The molecule has 1 aliphatic rings. The summed E-state index contributed by atoms with van der Waals surface area (Å²) in [7, 11) is 1.56. The van der Waals surface area contributed by atoms with Crippen LogP contribution >= 0.6 is 12.6 Å². The third-order valence-corrected chi connectivity index (χ3v) is 5.62. The fourth-order valence-corrected chi connectivity index (χ4v) is 3.62. The van der Waals surface area contributed by atoms with Crippen molar-refractivity contribution in [2.45, 2.75) is 68.9 Å². The van der Waals surface area contributed by atoms with Crippen molar-refractivity contribution in [3.05, 3.63) is 0 Å². The minimum Gasteiger partial charge on any atom is -0.394 e. The van der Waals surface area contributed by atoms with Crippen LogP contribution in [0.1, 0.15) is 26.2 Å². The maximum absolute atomic E-state index is 12.7. The number of unbranched alkanes of at least 4 members (excludes halogenated alkanes) is 1. The van der Waals surface area contributed by atoms with Gasteiger partial charge >= 0.3 is 0 Å². The molecule has 7 atom stereocenters. The normalized spacial score (nSPS) is 26.1. The minimum atomic E-state index is -1.57. The first-order valence-electron chi connectivity index (χ1n) is 11.1. The number of rotatable bonds is 15.